The zero-order valence-electron chi connectivity index (χ0n) is 20.3. The fourth-order valence-corrected chi connectivity index (χ4v) is 4.22. The van der Waals surface area contributed by atoms with Crippen LogP contribution >= 0.6 is 0 Å². The zero-order chi connectivity index (χ0) is 24.0. The topological polar surface area (TPSA) is 124 Å². The molecule has 1 saturated carbocycles. The van der Waals surface area contributed by atoms with Crippen molar-refractivity contribution in [2.75, 3.05) is 32.8 Å². The van der Waals surface area contributed by atoms with Gasteiger partial charge in [-0.05, 0) is 45.7 Å². The molecule has 9 nitrogen and oxygen atoms in total. The summed E-state index contributed by atoms with van der Waals surface area (Å²) in [5.41, 5.74) is 7.29. The van der Waals surface area contributed by atoms with Crippen molar-refractivity contribution in [1.82, 2.24) is 15.3 Å². The van der Waals surface area contributed by atoms with E-state index in [0.717, 1.165) is 36.6 Å². The number of nitrogens with zero attached hydrogens (tertiary/aromatic N) is 3. The highest BCUT2D eigenvalue weighted by molar-refractivity contribution is 5.97. The van der Waals surface area contributed by atoms with Crippen LogP contribution in [0.4, 0.5) is 5.82 Å². The smallest absolute Gasteiger partial charge is 0.289 e. The molecule has 0 spiro atoms. The number of hydrogen-bond donors (Lipinski definition) is 3. The third-order valence-corrected chi connectivity index (χ3v) is 5.69. The summed E-state index contributed by atoms with van der Waals surface area (Å²) in [5, 5.41) is 7.41. The first kappa shape index (κ1) is 24.9. The number of amides is 1. The van der Waals surface area contributed by atoms with Gasteiger partial charge in [0.05, 0.1) is 23.7 Å². The second-order valence-electron chi connectivity index (χ2n) is 9.34. The highest BCUT2D eigenvalue weighted by atomic mass is 16.5. The number of aryl methyl sites for hydroxylation is 1. The van der Waals surface area contributed by atoms with Gasteiger partial charge in [0, 0.05) is 25.6 Å². The largest absolute Gasteiger partial charge is 0.386 e. The molecule has 0 bridgehead atoms. The summed E-state index contributed by atoms with van der Waals surface area (Å²) < 4.78 is 10.3. The number of hydrogen-bond acceptors (Lipinski definition) is 7. The van der Waals surface area contributed by atoms with Gasteiger partial charge in [0.15, 0.2) is 0 Å². The highest BCUT2D eigenvalue weighted by Gasteiger charge is 2.28. The Kier molecular flexibility index (Phi) is 8.20. The van der Waals surface area contributed by atoms with Crippen LogP contribution in [0.1, 0.15) is 55.7 Å². The minimum atomic E-state index is -0.549. The fourth-order valence-electron chi connectivity index (χ4n) is 4.22. The van der Waals surface area contributed by atoms with E-state index in [1.54, 1.807) is 14.2 Å². The van der Waals surface area contributed by atoms with Gasteiger partial charge in [-0.15, -0.1) is 0 Å². The predicted molar refractivity (Wildman–Crippen MR) is 131 cm³/mol. The lowest BCUT2D eigenvalue weighted by Gasteiger charge is -2.31. The van der Waals surface area contributed by atoms with Crippen LogP contribution in [0.5, 0.6) is 0 Å². The molecule has 3 rings (SSSR count). The van der Waals surface area contributed by atoms with E-state index in [1.807, 2.05) is 39.0 Å². The number of methoxy groups -OCH3 is 2. The number of rotatable bonds is 9. The van der Waals surface area contributed by atoms with E-state index in [0.29, 0.717) is 30.4 Å². The number of carbonyl (C=O) groups is 1. The molecule has 1 fully saturated rings. The molecule has 33 heavy (non-hydrogen) atoms. The molecule has 2 aromatic rings. The number of amidine groups is 1. The first-order valence-corrected chi connectivity index (χ1v) is 11.4. The number of carbonyl (C=O) groups excluding carboxylic acids is 1. The molecule has 0 aliphatic heterocycles. The van der Waals surface area contributed by atoms with Crippen LogP contribution in [-0.4, -0.2) is 66.8 Å². The van der Waals surface area contributed by atoms with Gasteiger partial charge in [-0.1, -0.05) is 24.5 Å². The van der Waals surface area contributed by atoms with Crippen molar-refractivity contribution in [1.29, 1.82) is 0 Å². The molecule has 2 atom stereocenters. The number of anilines is 1. The maximum absolute atomic E-state index is 13.0. The lowest BCUT2D eigenvalue weighted by atomic mass is 9.90. The third kappa shape index (κ3) is 6.61. The Balaban J connectivity index is 1.95. The van der Waals surface area contributed by atoms with Crippen molar-refractivity contribution in [3.05, 3.63) is 29.6 Å². The Morgan fingerprint density at radius 1 is 1.21 bits per heavy atom. The molecular weight excluding hydrogens is 420 g/mol. The minimum Gasteiger partial charge on any atom is -0.386 e. The Labute approximate surface area is 195 Å². The average Bonchev–Trinajstić information content (AvgIpc) is 2.75. The van der Waals surface area contributed by atoms with Crippen LogP contribution in [0.3, 0.4) is 0 Å². The Hall–Kier alpha value is -2.78. The minimum absolute atomic E-state index is 0.0154. The lowest BCUT2D eigenvalue weighted by molar-refractivity contribution is 0.0810. The number of aliphatic imine (C=N–C) groups is 1. The molecule has 9 heteroatoms. The summed E-state index contributed by atoms with van der Waals surface area (Å²) >= 11 is 0. The molecule has 1 heterocycles. The van der Waals surface area contributed by atoms with Crippen molar-refractivity contribution in [3.63, 3.8) is 0 Å². The van der Waals surface area contributed by atoms with E-state index in [9.17, 15) is 4.79 Å². The summed E-state index contributed by atoms with van der Waals surface area (Å²) in [7, 11) is 3.21. The predicted octanol–water partition coefficient (Wildman–Crippen LogP) is 2.82. The molecule has 180 valence electrons. The van der Waals surface area contributed by atoms with Crippen molar-refractivity contribution < 1.29 is 14.3 Å². The van der Waals surface area contributed by atoms with E-state index >= 15 is 0 Å². The lowest BCUT2D eigenvalue weighted by Crippen LogP contribution is -2.47. The van der Waals surface area contributed by atoms with Gasteiger partial charge < -0.3 is 25.8 Å². The molecule has 1 amide bonds. The normalized spacial score (nSPS) is 19.5. The Morgan fingerprint density at radius 3 is 2.70 bits per heavy atom. The molecule has 1 aliphatic carbocycles. The monoisotopic (exact) mass is 456 g/mol. The first-order valence-electron chi connectivity index (χ1n) is 11.4. The summed E-state index contributed by atoms with van der Waals surface area (Å²) in [6.07, 6.45) is 4.06. The molecular formula is C24H36N6O3. The van der Waals surface area contributed by atoms with Gasteiger partial charge in [0.25, 0.3) is 5.91 Å². The zero-order valence-corrected chi connectivity index (χ0v) is 20.3. The van der Waals surface area contributed by atoms with E-state index in [-0.39, 0.29) is 23.8 Å². The number of aromatic nitrogens is 2. The summed E-state index contributed by atoms with van der Waals surface area (Å²) in [6, 6.07) is 6.00. The van der Waals surface area contributed by atoms with Gasteiger partial charge in [-0.25, -0.2) is 9.97 Å². The molecule has 0 radical (unpaired) electrons. The van der Waals surface area contributed by atoms with E-state index in [1.165, 1.54) is 0 Å². The van der Waals surface area contributed by atoms with Crippen LogP contribution in [0.2, 0.25) is 0 Å². The van der Waals surface area contributed by atoms with E-state index in [4.69, 9.17) is 20.2 Å². The molecule has 0 saturated heterocycles. The van der Waals surface area contributed by atoms with Crippen molar-refractivity contribution >= 4 is 28.5 Å². The summed E-state index contributed by atoms with van der Waals surface area (Å²) in [5.74, 6) is 0.897. The molecule has 4 N–H and O–H groups in total. The summed E-state index contributed by atoms with van der Waals surface area (Å²) in [6.45, 7) is 6.50. The average molecular weight is 457 g/mol. The molecule has 1 aromatic carbocycles. The number of nitrogens with two attached hydrogens (primary N) is 1. The SMILES string of the molecule is COCC(N)=N[C@@H]1CCCC[C@@H]1Nc1nc(C(=O)NC(C)(C)COC)nc2ccc(C)cc12. The van der Waals surface area contributed by atoms with Gasteiger partial charge in [-0.3, -0.25) is 9.79 Å². The maximum atomic E-state index is 13.0. The summed E-state index contributed by atoms with van der Waals surface area (Å²) in [4.78, 5) is 26.9. The van der Waals surface area contributed by atoms with Crippen molar-refractivity contribution in [3.8, 4) is 0 Å². The second-order valence-corrected chi connectivity index (χ2v) is 9.34. The van der Waals surface area contributed by atoms with Crippen LogP contribution in [0.15, 0.2) is 23.2 Å². The van der Waals surface area contributed by atoms with E-state index < -0.39 is 5.54 Å². The van der Waals surface area contributed by atoms with Crippen molar-refractivity contribution in [2.24, 2.45) is 10.7 Å². The first-order chi connectivity index (χ1) is 15.7. The van der Waals surface area contributed by atoms with Gasteiger partial charge in [-0.2, -0.15) is 0 Å². The van der Waals surface area contributed by atoms with Crippen LogP contribution < -0.4 is 16.4 Å². The quantitative estimate of drug-likeness (QED) is 0.391. The Morgan fingerprint density at radius 2 is 1.97 bits per heavy atom. The number of fused-ring (bicyclic) bond motifs is 1. The van der Waals surface area contributed by atoms with Gasteiger partial charge in [0.1, 0.15) is 18.3 Å². The maximum Gasteiger partial charge on any atom is 0.289 e. The molecule has 1 aromatic heterocycles. The number of benzene rings is 1. The second kappa shape index (κ2) is 10.9. The van der Waals surface area contributed by atoms with Gasteiger partial charge >= 0.3 is 0 Å². The highest BCUT2D eigenvalue weighted by Crippen LogP contribution is 2.28. The molecule has 1 aliphatic rings. The van der Waals surface area contributed by atoms with E-state index in [2.05, 4.69) is 20.6 Å². The standard InChI is InChI=1S/C24H36N6O3/c1-15-10-11-17-16(12-15)21(29-22(27-17)23(31)30-24(2,3)14-33-5)28-19-9-7-6-8-18(19)26-20(25)13-32-4/h10-12,18-19H,6-9,13-14H2,1-5H3,(H2,25,26)(H,30,31)(H,27,28,29)/t18-,19+/m1/s1. The van der Waals surface area contributed by atoms with Crippen LogP contribution in [0, 0.1) is 6.92 Å². The van der Waals surface area contributed by atoms with Crippen LogP contribution in [0.25, 0.3) is 10.9 Å². The van der Waals surface area contributed by atoms with Crippen molar-refractivity contribution in [2.45, 2.75) is 64.1 Å². The fraction of sp³-hybridized carbons (Fsp3) is 0.583. The van der Waals surface area contributed by atoms with Gasteiger partial charge in [0.2, 0.25) is 5.82 Å². The third-order valence-electron chi connectivity index (χ3n) is 5.69. The number of ether oxygens (including phenoxy) is 2. The number of nitrogens with one attached hydrogen (secondary N) is 2. The van der Waals surface area contributed by atoms with Crippen LogP contribution in [-0.2, 0) is 9.47 Å². The molecule has 0 unspecified atom stereocenters. The Bertz CT molecular complexity index is 1010.